The molecule has 3 N–H and O–H groups in total. The summed E-state index contributed by atoms with van der Waals surface area (Å²) in [5.41, 5.74) is 8.56. The molecule has 38 heavy (non-hydrogen) atoms. The molecular weight excluding hydrogens is 566 g/mol. The van der Waals surface area contributed by atoms with Crippen LogP contribution in [0.5, 0.6) is 0 Å². The first-order valence-electron chi connectivity index (χ1n) is 12.0. The van der Waals surface area contributed by atoms with Crippen LogP contribution < -0.4 is 10.6 Å². The van der Waals surface area contributed by atoms with Gasteiger partial charge in [-0.25, -0.2) is 4.79 Å². The predicted octanol–water partition coefficient (Wildman–Crippen LogP) is 7.44. The van der Waals surface area contributed by atoms with E-state index in [-0.39, 0.29) is 34.8 Å². The maximum atomic E-state index is 13.6. The van der Waals surface area contributed by atoms with E-state index in [2.05, 4.69) is 20.8 Å². The molecular formula is C29H30Cl4N2O3. The Bertz CT molecular complexity index is 1370. The zero-order valence-electron chi connectivity index (χ0n) is 21.4. The van der Waals surface area contributed by atoms with Gasteiger partial charge in [-0.3, -0.25) is 4.79 Å². The van der Waals surface area contributed by atoms with E-state index in [0.717, 1.165) is 16.7 Å². The Kier molecular flexibility index (Phi) is 8.99. The summed E-state index contributed by atoms with van der Waals surface area (Å²) in [7, 11) is 0. The second-order valence-electron chi connectivity index (χ2n) is 10.5. The van der Waals surface area contributed by atoms with Gasteiger partial charge in [0.2, 0.25) is 5.91 Å². The largest absolute Gasteiger partial charge is 0.478 e. The molecule has 0 aliphatic carbocycles. The highest BCUT2D eigenvalue weighted by Gasteiger charge is 2.47. The number of fused-ring (bicyclic) bond motifs is 1. The third kappa shape index (κ3) is 5.62. The van der Waals surface area contributed by atoms with Crippen molar-refractivity contribution in [3.63, 3.8) is 0 Å². The zero-order chi connectivity index (χ0) is 27.1. The number of carbonyl (C=O) groups excluding carboxylic acids is 1. The van der Waals surface area contributed by atoms with Gasteiger partial charge in [-0.05, 0) is 64.8 Å². The number of nitrogens with zero attached hydrogens (tertiary/aromatic N) is 1. The Labute approximate surface area is 244 Å². The lowest BCUT2D eigenvalue weighted by Crippen LogP contribution is -2.58. The Balaban J connectivity index is 0.00000400. The van der Waals surface area contributed by atoms with E-state index in [0.29, 0.717) is 40.7 Å². The zero-order valence-corrected chi connectivity index (χ0v) is 24.4. The van der Waals surface area contributed by atoms with Crippen LogP contribution in [0.3, 0.4) is 0 Å². The number of aromatic carboxylic acids is 1. The molecule has 1 amide bonds. The van der Waals surface area contributed by atoms with Crippen LogP contribution >= 0.6 is 47.2 Å². The lowest BCUT2D eigenvalue weighted by atomic mass is 9.78. The first-order chi connectivity index (χ1) is 17.3. The van der Waals surface area contributed by atoms with Crippen LogP contribution in [0.4, 0.5) is 5.69 Å². The van der Waals surface area contributed by atoms with E-state index < -0.39 is 17.4 Å². The molecule has 0 saturated heterocycles. The van der Waals surface area contributed by atoms with Crippen LogP contribution in [0.25, 0.3) is 0 Å². The number of primary amides is 1. The molecule has 0 saturated carbocycles. The number of amides is 1. The number of carbonyl (C=O) groups is 2. The summed E-state index contributed by atoms with van der Waals surface area (Å²) in [5.74, 6) is -1.75. The van der Waals surface area contributed by atoms with Crippen molar-refractivity contribution in [2.45, 2.75) is 51.0 Å². The van der Waals surface area contributed by atoms with Crippen molar-refractivity contribution >= 4 is 64.8 Å². The highest BCUT2D eigenvalue weighted by Crippen LogP contribution is 2.44. The Morgan fingerprint density at radius 3 is 2.13 bits per heavy atom. The highest BCUT2D eigenvalue weighted by molar-refractivity contribution is 6.42. The number of halogens is 4. The van der Waals surface area contributed by atoms with Crippen molar-refractivity contribution in [3.05, 3.63) is 97.5 Å². The summed E-state index contributed by atoms with van der Waals surface area (Å²) >= 11 is 18.9. The van der Waals surface area contributed by atoms with Crippen LogP contribution in [-0.2, 0) is 28.6 Å². The van der Waals surface area contributed by atoms with Crippen molar-refractivity contribution in [2.75, 3.05) is 11.4 Å². The molecule has 1 atom stereocenters. The van der Waals surface area contributed by atoms with Crippen molar-refractivity contribution in [2.24, 2.45) is 5.73 Å². The van der Waals surface area contributed by atoms with Gasteiger partial charge in [0, 0.05) is 18.0 Å². The van der Waals surface area contributed by atoms with Gasteiger partial charge in [-0.1, -0.05) is 85.9 Å². The summed E-state index contributed by atoms with van der Waals surface area (Å²) in [6, 6.07) is 16.2. The summed E-state index contributed by atoms with van der Waals surface area (Å²) in [5, 5.41) is 11.0. The number of carboxylic acids is 1. The second kappa shape index (κ2) is 11.4. The molecule has 5 nitrogen and oxygen atoms in total. The molecule has 3 aromatic rings. The molecule has 4 rings (SSSR count). The molecule has 0 bridgehead atoms. The minimum Gasteiger partial charge on any atom is -0.478 e. The first-order valence-corrected chi connectivity index (χ1v) is 13.2. The number of hydrogen-bond acceptors (Lipinski definition) is 3. The van der Waals surface area contributed by atoms with E-state index in [1.165, 1.54) is 6.07 Å². The van der Waals surface area contributed by atoms with Gasteiger partial charge in [-0.2, -0.15) is 0 Å². The maximum Gasteiger partial charge on any atom is 0.337 e. The summed E-state index contributed by atoms with van der Waals surface area (Å²) in [6.07, 6.45) is 1.51. The number of benzene rings is 3. The topological polar surface area (TPSA) is 83.6 Å². The van der Waals surface area contributed by atoms with Crippen LogP contribution in [0.1, 0.15) is 59.8 Å². The number of nitrogens with two attached hydrogens (primary N) is 1. The Morgan fingerprint density at radius 1 is 0.947 bits per heavy atom. The predicted molar refractivity (Wildman–Crippen MR) is 158 cm³/mol. The number of hydrogen-bond donors (Lipinski definition) is 2. The van der Waals surface area contributed by atoms with Crippen molar-refractivity contribution in [1.82, 2.24) is 0 Å². The van der Waals surface area contributed by atoms with Gasteiger partial charge in [-0.15, -0.1) is 12.4 Å². The molecule has 1 unspecified atom stereocenters. The normalized spacial score (nSPS) is 14.7. The standard InChI is InChI=1S/C29H29Cl3N2O3.ClH/c1-28(2,3)19-8-6-17(7-9-19)16-29(27(33)37,20-10-11-23(31)24(32)14-20)34-12-4-5-18-13-21(30)15-22(25(18)34)26(35)36;/h6-11,13-15H,4-5,12,16H2,1-3H3,(H2,33,37)(H,35,36);1H. The van der Waals surface area contributed by atoms with Crippen molar-refractivity contribution in [1.29, 1.82) is 0 Å². The molecule has 1 heterocycles. The molecule has 0 radical (unpaired) electrons. The van der Waals surface area contributed by atoms with E-state index in [9.17, 15) is 14.7 Å². The van der Waals surface area contributed by atoms with E-state index in [4.69, 9.17) is 40.5 Å². The second-order valence-corrected chi connectivity index (χ2v) is 11.7. The van der Waals surface area contributed by atoms with Gasteiger partial charge in [0.15, 0.2) is 0 Å². The fourth-order valence-electron chi connectivity index (χ4n) is 5.14. The number of anilines is 1. The summed E-state index contributed by atoms with van der Waals surface area (Å²) < 4.78 is 0. The lowest BCUT2D eigenvalue weighted by molar-refractivity contribution is -0.123. The molecule has 0 aromatic heterocycles. The average Bonchev–Trinajstić information content (AvgIpc) is 2.83. The van der Waals surface area contributed by atoms with Gasteiger partial charge in [0.1, 0.15) is 5.54 Å². The van der Waals surface area contributed by atoms with Crippen molar-refractivity contribution in [3.8, 4) is 0 Å². The van der Waals surface area contributed by atoms with Gasteiger partial charge in [0.05, 0.1) is 21.3 Å². The third-order valence-electron chi connectivity index (χ3n) is 7.03. The van der Waals surface area contributed by atoms with Gasteiger partial charge < -0.3 is 15.7 Å². The SMILES string of the molecule is CC(C)(C)c1ccc(CC(C(N)=O)(c2ccc(Cl)c(Cl)c2)N2CCCc3cc(Cl)cc(C(=O)O)c32)cc1.Cl. The van der Waals surface area contributed by atoms with Crippen molar-refractivity contribution < 1.29 is 14.7 Å². The maximum absolute atomic E-state index is 13.6. The molecule has 1 aliphatic heterocycles. The Hall–Kier alpha value is -2.44. The summed E-state index contributed by atoms with van der Waals surface area (Å²) in [4.78, 5) is 27.8. The monoisotopic (exact) mass is 594 g/mol. The fraction of sp³-hybridized carbons (Fsp3) is 0.310. The fourth-order valence-corrected chi connectivity index (χ4v) is 5.68. The molecule has 9 heteroatoms. The first kappa shape index (κ1) is 30.1. The summed E-state index contributed by atoms with van der Waals surface area (Å²) in [6.45, 7) is 6.82. The van der Waals surface area contributed by atoms with Crippen LogP contribution in [0.2, 0.25) is 15.1 Å². The number of rotatable bonds is 6. The van der Waals surface area contributed by atoms with Crippen LogP contribution in [0.15, 0.2) is 54.6 Å². The van der Waals surface area contributed by atoms with E-state index in [1.54, 1.807) is 24.3 Å². The van der Waals surface area contributed by atoms with Crippen LogP contribution in [0, 0.1) is 0 Å². The molecule has 0 spiro atoms. The number of carboxylic acid groups (broad SMARTS) is 1. The average molecular weight is 596 g/mol. The van der Waals surface area contributed by atoms with E-state index in [1.807, 2.05) is 29.2 Å². The van der Waals surface area contributed by atoms with Crippen LogP contribution in [-0.4, -0.2) is 23.5 Å². The molecule has 1 aliphatic rings. The highest BCUT2D eigenvalue weighted by atomic mass is 35.5. The smallest absolute Gasteiger partial charge is 0.337 e. The quantitative estimate of drug-likeness (QED) is 0.310. The lowest BCUT2D eigenvalue weighted by Gasteiger charge is -2.47. The molecule has 0 fully saturated rings. The number of aryl methyl sites for hydroxylation is 1. The van der Waals surface area contributed by atoms with Gasteiger partial charge >= 0.3 is 5.97 Å². The Morgan fingerprint density at radius 2 is 1.58 bits per heavy atom. The molecule has 202 valence electrons. The third-order valence-corrected chi connectivity index (χ3v) is 7.98. The minimum atomic E-state index is -1.44. The van der Waals surface area contributed by atoms with E-state index >= 15 is 0 Å². The minimum absolute atomic E-state index is 0. The molecule has 3 aromatic carbocycles. The van der Waals surface area contributed by atoms with Gasteiger partial charge in [0.25, 0.3) is 0 Å².